The standard InChI is InChI=1S/C32H21N7O10S2.Na/c40-31-27(36-33-19-9-11-20(12-10-19)39(42)43)17-28(37-34-25-7-3-4-18-8-13-21(16-24(18)25)50(44,45)46)32(41)30(31)38-35-26-14-15-29(51(47,48)49)23-6-2-1-5-22(23)26;/h1-17,40-41H,(H,44,45,46)(H,47,48,49);. The van der Waals surface area contributed by atoms with Crippen LogP contribution in [-0.4, -0.2) is 70.6 Å². The number of phenols is 2. The van der Waals surface area contributed by atoms with Crippen molar-refractivity contribution in [2.24, 2.45) is 30.7 Å². The molecule has 52 heavy (non-hydrogen) atoms. The van der Waals surface area contributed by atoms with Crippen molar-refractivity contribution in [3.05, 3.63) is 113 Å². The predicted molar refractivity (Wildman–Crippen MR) is 189 cm³/mol. The maximum atomic E-state index is 11.9. The molecule has 4 N–H and O–H groups in total. The minimum Gasteiger partial charge on any atom is -0.504 e. The van der Waals surface area contributed by atoms with Crippen molar-refractivity contribution in [1.82, 2.24) is 0 Å². The van der Waals surface area contributed by atoms with E-state index in [-0.39, 0.29) is 89.6 Å². The van der Waals surface area contributed by atoms with Crippen LogP contribution in [-0.2, 0) is 20.2 Å². The normalized spacial score (nSPS) is 12.3. The molecular formula is C32H21N7NaO10S2. The minimum atomic E-state index is -4.60. The van der Waals surface area contributed by atoms with Gasteiger partial charge in [-0.3, -0.25) is 19.2 Å². The van der Waals surface area contributed by atoms with Crippen molar-refractivity contribution in [2.45, 2.75) is 9.79 Å². The van der Waals surface area contributed by atoms with Crippen LogP contribution < -0.4 is 0 Å². The molecule has 0 aliphatic rings. The molecule has 0 unspecified atom stereocenters. The van der Waals surface area contributed by atoms with Crippen LogP contribution in [0.3, 0.4) is 0 Å². The van der Waals surface area contributed by atoms with Crippen molar-refractivity contribution in [2.75, 3.05) is 0 Å². The van der Waals surface area contributed by atoms with Gasteiger partial charge in [-0.15, -0.1) is 25.6 Å². The van der Waals surface area contributed by atoms with E-state index < -0.39 is 42.3 Å². The summed E-state index contributed by atoms with van der Waals surface area (Å²) in [7, 11) is -9.15. The molecule has 6 aromatic carbocycles. The topological polar surface area (TPSA) is 266 Å². The van der Waals surface area contributed by atoms with Crippen LogP contribution in [0.1, 0.15) is 0 Å². The number of hydrogen-bond acceptors (Lipinski definition) is 14. The Bertz CT molecular complexity index is 2710. The third kappa shape index (κ3) is 8.00. The molecule has 0 aromatic heterocycles. The molecule has 0 fully saturated rings. The van der Waals surface area contributed by atoms with E-state index in [1.54, 1.807) is 24.3 Å². The number of rotatable bonds is 9. The minimum absolute atomic E-state index is 0. The quantitative estimate of drug-likeness (QED) is 0.0359. The second kappa shape index (κ2) is 15.0. The Morgan fingerprint density at radius 3 is 1.79 bits per heavy atom. The van der Waals surface area contributed by atoms with Gasteiger partial charge in [0.25, 0.3) is 25.9 Å². The van der Waals surface area contributed by atoms with E-state index >= 15 is 0 Å². The molecule has 6 aromatic rings. The number of benzene rings is 6. The fourth-order valence-corrected chi connectivity index (χ4v) is 6.09. The number of hydrogen-bond donors (Lipinski definition) is 4. The van der Waals surface area contributed by atoms with Crippen molar-refractivity contribution in [3.8, 4) is 11.5 Å². The van der Waals surface area contributed by atoms with Crippen LogP contribution in [0.2, 0.25) is 0 Å². The Balaban J connectivity index is 0.00000523. The second-order valence-electron chi connectivity index (χ2n) is 10.6. The SMILES string of the molecule is O=[N+]([O-])c1ccc(N=Nc2cc(N=Nc3cccc4ccc(S(=O)(=O)O)cc34)c(O)c(N=Nc3ccc(S(=O)(=O)O)c4ccccc34)c2O)cc1.[Na]. The van der Waals surface area contributed by atoms with Crippen molar-refractivity contribution in [1.29, 1.82) is 0 Å². The average Bonchev–Trinajstić information content (AvgIpc) is 3.09. The van der Waals surface area contributed by atoms with Crippen molar-refractivity contribution < 1.29 is 41.1 Å². The number of aromatic hydroxyl groups is 2. The molecule has 0 spiro atoms. The molecule has 0 saturated carbocycles. The number of non-ortho nitro benzene ring substituents is 1. The third-order valence-corrected chi connectivity index (χ3v) is 9.09. The van der Waals surface area contributed by atoms with Gasteiger partial charge < -0.3 is 10.2 Å². The summed E-state index contributed by atoms with van der Waals surface area (Å²) in [5.41, 5.74) is -0.979. The van der Waals surface area contributed by atoms with E-state index in [0.29, 0.717) is 5.39 Å². The Labute approximate surface area is 315 Å². The Morgan fingerprint density at radius 1 is 0.558 bits per heavy atom. The zero-order valence-corrected chi connectivity index (χ0v) is 30.1. The van der Waals surface area contributed by atoms with Crippen LogP contribution in [0.25, 0.3) is 21.5 Å². The van der Waals surface area contributed by atoms with Gasteiger partial charge in [0, 0.05) is 63.9 Å². The first-order valence-corrected chi connectivity index (χ1v) is 17.2. The van der Waals surface area contributed by atoms with Crippen LogP contribution in [0.4, 0.5) is 39.8 Å². The summed E-state index contributed by atoms with van der Waals surface area (Å²) in [6, 6.07) is 23.2. The van der Waals surface area contributed by atoms with Gasteiger partial charge >= 0.3 is 0 Å². The van der Waals surface area contributed by atoms with Gasteiger partial charge in [-0.2, -0.15) is 21.9 Å². The van der Waals surface area contributed by atoms with Gasteiger partial charge in [-0.25, -0.2) is 0 Å². The second-order valence-corrected chi connectivity index (χ2v) is 13.4. The van der Waals surface area contributed by atoms with Crippen LogP contribution in [0.15, 0.2) is 144 Å². The first-order valence-electron chi connectivity index (χ1n) is 14.3. The first-order chi connectivity index (χ1) is 24.2. The van der Waals surface area contributed by atoms with Crippen LogP contribution in [0, 0.1) is 10.1 Å². The van der Waals surface area contributed by atoms with Gasteiger partial charge in [0.15, 0.2) is 17.2 Å². The molecule has 20 heteroatoms. The van der Waals surface area contributed by atoms with E-state index in [2.05, 4.69) is 30.7 Å². The van der Waals surface area contributed by atoms with Crippen molar-refractivity contribution >= 4 is 111 Å². The molecule has 0 saturated heterocycles. The van der Waals surface area contributed by atoms with Gasteiger partial charge in [0.2, 0.25) is 0 Å². The Morgan fingerprint density at radius 2 is 1.15 bits per heavy atom. The fraction of sp³-hybridized carbons (Fsp3) is 0. The number of nitro groups is 1. The molecule has 0 aliphatic heterocycles. The molecule has 0 aliphatic carbocycles. The van der Waals surface area contributed by atoms with Crippen LogP contribution >= 0.6 is 0 Å². The van der Waals surface area contributed by atoms with Crippen molar-refractivity contribution in [3.63, 3.8) is 0 Å². The van der Waals surface area contributed by atoms with Gasteiger partial charge in [0.1, 0.15) is 16.3 Å². The van der Waals surface area contributed by atoms with E-state index in [0.717, 1.165) is 12.1 Å². The van der Waals surface area contributed by atoms with Gasteiger partial charge in [-0.05, 0) is 47.9 Å². The van der Waals surface area contributed by atoms with Gasteiger partial charge in [-0.1, -0.05) is 42.5 Å². The number of azo groups is 3. The molecule has 0 heterocycles. The van der Waals surface area contributed by atoms with E-state index in [4.69, 9.17) is 0 Å². The summed E-state index contributed by atoms with van der Waals surface area (Å²) in [6.07, 6.45) is 0. The zero-order chi connectivity index (χ0) is 36.5. The number of phenolic OH excluding ortho intramolecular Hbond substituents is 2. The van der Waals surface area contributed by atoms with E-state index in [1.807, 2.05) is 0 Å². The van der Waals surface area contributed by atoms with E-state index in [9.17, 15) is 46.3 Å². The number of nitrogens with zero attached hydrogens (tertiary/aromatic N) is 7. The van der Waals surface area contributed by atoms with Gasteiger partial charge in [0.05, 0.1) is 26.9 Å². The summed E-state index contributed by atoms with van der Waals surface area (Å²) in [5.74, 6) is -1.45. The Hall–Kier alpha value is -5.54. The summed E-state index contributed by atoms with van der Waals surface area (Å²) in [6.45, 7) is 0. The predicted octanol–water partition coefficient (Wildman–Crippen LogP) is 8.67. The molecule has 1 radical (unpaired) electrons. The monoisotopic (exact) mass is 750 g/mol. The number of nitro benzene ring substituents is 1. The molecule has 0 atom stereocenters. The average molecular weight is 751 g/mol. The molecule has 0 bridgehead atoms. The maximum Gasteiger partial charge on any atom is 0.295 e. The summed E-state index contributed by atoms with van der Waals surface area (Å²) in [5, 5.41) is 58.9. The molecule has 6 rings (SSSR count). The molecule has 17 nitrogen and oxygen atoms in total. The largest absolute Gasteiger partial charge is 0.504 e. The maximum absolute atomic E-state index is 11.9. The zero-order valence-electron chi connectivity index (χ0n) is 26.5. The molecular weight excluding hydrogens is 730 g/mol. The summed E-state index contributed by atoms with van der Waals surface area (Å²) < 4.78 is 66.6. The first kappa shape index (κ1) is 37.7. The Kier molecular flexibility index (Phi) is 10.9. The summed E-state index contributed by atoms with van der Waals surface area (Å²) in [4.78, 5) is 9.65. The molecule has 0 amide bonds. The van der Waals surface area contributed by atoms with E-state index in [1.165, 1.54) is 66.7 Å². The number of fused-ring (bicyclic) bond motifs is 2. The molecule has 257 valence electrons. The smallest absolute Gasteiger partial charge is 0.295 e. The van der Waals surface area contributed by atoms with Crippen LogP contribution in [0.5, 0.6) is 11.5 Å². The third-order valence-electron chi connectivity index (χ3n) is 7.33. The fourth-order valence-electron chi connectivity index (χ4n) is 4.88. The summed E-state index contributed by atoms with van der Waals surface area (Å²) >= 11 is 0.